The molecule has 5 fully saturated rings. The number of nitrogens with one attached hydrogen (secondary N) is 2. The van der Waals surface area contributed by atoms with Crippen molar-refractivity contribution >= 4 is 68.5 Å². The summed E-state index contributed by atoms with van der Waals surface area (Å²) in [6.45, 7) is 7.97. The van der Waals surface area contributed by atoms with Crippen LogP contribution in [0.15, 0.2) is 65.3 Å². The van der Waals surface area contributed by atoms with Crippen LogP contribution in [0.3, 0.4) is 0 Å². The smallest absolute Gasteiger partial charge is 0.320 e. The van der Waals surface area contributed by atoms with Gasteiger partial charge < -0.3 is 40.1 Å². The summed E-state index contributed by atoms with van der Waals surface area (Å²) >= 11 is 0. The van der Waals surface area contributed by atoms with E-state index in [9.17, 15) is 19.2 Å². The number of nitrogens with zero attached hydrogens (tertiary/aromatic N) is 8. The Morgan fingerprint density at radius 2 is 1.71 bits per heavy atom. The van der Waals surface area contributed by atoms with Crippen molar-refractivity contribution in [3.8, 4) is 0 Å². The zero-order chi connectivity index (χ0) is 42.5. The molecule has 10 rings (SSSR count). The maximum atomic E-state index is 12.8. The normalized spacial score (nSPS) is 22.9. The van der Waals surface area contributed by atoms with E-state index in [2.05, 4.69) is 71.9 Å². The number of hydrogen-bond donors (Lipinski definition) is 3. The van der Waals surface area contributed by atoms with E-state index in [4.69, 9.17) is 15.2 Å². The van der Waals surface area contributed by atoms with Gasteiger partial charge in [-0.25, -0.2) is 14.8 Å². The largest absolute Gasteiger partial charge is 0.371 e. The van der Waals surface area contributed by atoms with E-state index < -0.39 is 11.8 Å². The summed E-state index contributed by atoms with van der Waals surface area (Å²) in [5.74, 6) is 0.261. The van der Waals surface area contributed by atoms with Crippen LogP contribution in [0.2, 0.25) is 0 Å². The third-order valence-electron chi connectivity index (χ3n) is 13.8. The fourth-order valence-electron chi connectivity index (χ4n) is 10.5. The van der Waals surface area contributed by atoms with Crippen LogP contribution in [-0.2, 0) is 9.59 Å². The van der Waals surface area contributed by atoms with Crippen LogP contribution in [0.25, 0.3) is 21.7 Å². The highest BCUT2D eigenvalue weighted by atomic mass is 16.5. The summed E-state index contributed by atoms with van der Waals surface area (Å²) in [7, 11) is 1.84. The highest BCUT2D eigenvalue weighted by Gasteiger charge is 2.36. The van der Waals surface area contributed by atoms with Gasteiger partial charge in [-0.3, -0.25) is 19.7 Å². The standard InChI is InChI=1S/C46H53N11O5/c1-53-21-22-57(46(53)61)32-5-4-17-56(27-32)38-24-48-42(43(47)59)44(50-38)49-31-10-8-29(9-11-31)30-15-18-54(19-16-30)25-28-14-20-55(26-28)36-23-37-40(34-7-3-2-6-33(34)36)41(52-62-37)35-12-13-39(58)51-45(35)60/h2-3,6-11,23-24,28,30,32,35H,4-5,12-22,25-27H2,1H3,(H2,47,59)(H,49,50)(H,51,58,60)/t28-,32+,35?/m0/s1. The van der Waals surface area contributed by atoms with Crippen molar-refractivity contribution in [2.45, 2.75) is 62.8 Å². The zero-order valence-electron chi connectivity index (χ0n) is 35.1. The van der Waals surface area contributed by atoms with Crippen LogP contribution < -0.4 is 26.2 Å². The molecule has 1 unspecified atom stereocenters. The lowest BCUT2D eigenvalue weighted by molar-refractivity contribution is -0.134. The number of carbonyl (C=O) groups excluding carboxylic acids is 4. The Morgan fingerprint density at radius 1 is 0.903 bits per heavy atom. The number of likely N-dealkylation sites (tertiary alicyclic amines) is 1. The molecule has 0 saturated carbocycles. The van der Waals surface area contributed by atoms with Crippen LogP contribution in [0.5, 0.6) is 0 Å². The predicted molar refractivity (Wildman–Crippen MR) is 236 cm³/mol. The molecule has 322 valence electrons. The number of aromatic nitrogens is 3. The first kappa shape index (κ1) is 39.8. The lowest BCUT2D eigenvalue weighted by Gasteiger charge is -2.37. The van der Waals surface area contributed by atoms with Gasteiger partial charge in [0.2, 0.25) is 11.8 Å². The second-order valence-corrected chi connectivity index (χ2v) is 17.7. The Hall–Kier alpha value is -6.29. The van der Waals surface area contributed by atoms with Crippen LogP contribution >= 0.6 is 0 Å². The number of imide groups is 1. The number of benzene rings is 3. The first-order valence-electron chi connectivity index (χ1n) is 22.1. The van der Waals surface area contributed by atoms with Gasteiger partial charge in [0.1, 0.15) is 11.5 Å². The van der Waals surface area contributed by atoms with Gasteiger partial charge in [-0.2, -0.15) is 0 Å². The Morgan fingerprint density at radius 3 is 2.47 bits per heavy atom. The Labute approximate surface area is 359 Å². The summed E-state index contributed by atoms with van der Waals surface area (Å²) in [4.78, 5) is 70.0. The summed E-state index contributed by atoms with van der Waals surface area (Å²) in [6.07, 6.45) is 7.47. The molecular weight excluding hydrogens is 787 g/mol. The first-order valence-corrected chi connectivity index (χ1v) is 22.1. The van der Waals surface area contributed by atoms with Gasteiger partial charge >= 0.3 is 6.03 Å². The van der Waals surface area contributed by atoms with Crippen molar-refractivity contribution < 1.29 is 23.7 Å². The molecule has 3 aromatic carbocycles. The van der Waals surface area contributed by atoms with Crippen molar-refractivity contribution in [1.82, 2.24) is 35.1 Å². The van der Waals surface area contributed by atoms with E-state index >= 15 is 0 Å². The molecule has 5 aliphatic heterocycles. The van der Waals surface area contributed by atoms with Gasteiger partial charge in [0, 0.05) is 82.1 Å². The second kappa shape index (κ2) is 16.5. The first-order chi connectivity index (χ1) is 30.2. The van der Waals surface area contributed by atoms with Gasteiger partial charge in [-0.15, -0.1) is 0 Å². The van der Waals surface area contributed by atoms with Crippen LogP contribution in [0.4, 0.5) is 27.8 Å². The van der Waals surface area contributed by atoms with E-state index in [1.165, 1.54) is 5.56 Å². The molecule has 0 bridgehead atoms. The molecule has 5 saturated heterocycles. The summed E-state index contributed by atoms with van der Waals surface area (Å²) < 4.78 is 5.89. The summed E-state index contributed by atoms with van der Waals surface area (Å²) in [5, 5.41) is 13.2. The molecule has 16 heteroatoms. The van der Waals surface area contributed by atoms with E-state index in [-0.39, 0.29) is 36.0 Å². The molecule has 0 radical (unpaired) electrons. The number of piperidine rings is 3. The average molecular weight is 840 g/mol. The minimum Gasteiger partial charge on any atom is -0.371 e. The van der Waals surface area contributed by atoms with Crippen LogP contribution in [0, 0.1) is 5.92 Å². The van der Waals surface area contributed by atoms with E-state index in [0.29, 0.717) is 47.7 Å². The molecule has 5 aromatic rings. The number of carbonyl (C=O) groups is 4. The third kappa shape index (κ3) is 7.65. The topological polar surface area (TPSA) is 186 Å². The predicted octanol–water partition coefficient (Wildman–Crippen LogP) is 5.18. The number of primary amides is 1. The molecule has 0 aliphatic carbocycles. The van der Waals surface area contributed by atoms with Crippen LogP contribution in [0.1, 0.15) is 78.5 Å². The van der Waals surface area contributed by atoms with E-state index in [1.807, 2.05) is 30.1 Å². The number of likely N-dealkylation sites (N-methyl/N-ethyl adjacent to an activating group) is 1. The van der Waals surface area contributed by atoms with Crippen molar-refractivity contribution in [1.29, 1.82) is 0 Å². The number of anilines is 4. The number of fused-ring (bicyclic) bond motifs is 3. The highest BCUT2D eigenvalue weighted by Crippen LogP contribution is 2.41. The summed E-state index contributed by atoms with van der Waals surface area (Å²) in [5.41, 5.74) is 10.3. The molecule has 62 heavy (non-hydrogen) atoms. The van der Waals surface area contributed by atoms with Crippen LogP contribution in [-0.4, -0.2) is 126 Å². The molecule has 3 atom stereocenters. The maximum absolute atomic E-state index is 12.8. The van der Waals surface area contributed by atoms with E-state index in [1.54, 1.807) is 11.1 Å². The van der Waals surface area contributed by atoms with Gasteiger partial charge in [-0.1, -0.05) is 41.6 Å². The minimum absolute atomic E-state index is 0.0694. The monoisotopic (exact) mass is 839 g/mol. The minimum atomic E-state index is -0.647. The fraction of sp³-hybridized carbons (Fsp3) is 0.457. The number of hydrogen-bond acceptors (Lipinski definition) is 12. The quantitative estimate of drug-likeness (QED) is 0.157. The Kier molecular flexibility index (Phi) is 10.6. The van der Waals surface area contributed by atoms with Crippen molar-refractivity contribution in [3.05, 3.63) is 77.7 Å². The third-order valence-corrected chi connectivity index (χ3v) is 13.8. The van der Waals surface area contributed by atoms with Crippen molar-refractivity contribution in [2.75, 3.05) is 81.1 Å². The van der Waals surface area contributed by atoms with E-state index in [0.717, 1.165) is 112 Å². The second-order valence-electron chi connectivity index (χ2n) is 17.7. The highest BCUT2D eigenvalue weighted by molar-refractivity contribution is 6.14. The molecule has 4 N–H and O–H groups in total. The molecule has 5 aliphatic rings. The Bertz CT molecular complexity index is 2540. The maximum Gasteiger partial charge on any atom is 0.320 e. The Balaban J connectivity index is 0.753. The molecular formula is C46H53N11O5. The van der Waals surface area contributed by atoms with Crippen molar-refractivity contribution in [3.63, 3.8) is 0 Å². The molecule has 5 amide bonds. The zero-order valence-corrected chi connectivity index (χ0v) is 35.1. The molecule has 7 heterocycles. The van der Waals surface area contributed by atoms with Gasteiger partial charge in [0.15, 0.2) is 17.1 Å². The number of amides is 5. The lowest BCUT2D eigenvalue weighted by atomic mass is 9.89. The van der Waals surface area contributed by atoms with Gasteiger partial charge in [-0.05, 0) is 86.5 Å². The average Bonchev–Trinajstić information content (AvgIpc) is 4.02. The number of nitrogens with two attached hydrogens (primary N) is 1. The van der Waals surface area contributed by atoms with Crippen molar-refractivity contribution in [2.24, 2.45) is 11.7 Å². The van der Waals surface area contributed by atoms with Gasteiger partial charge in [0.25, 0.3) is 5.91 Å². The lowest BCUT2D eigenvalue weighted by Crippen LogP contribution is -2.49. The molecule has 2 aromatic heterocycles. The fourth-order valence-corrected chi connectivity index (χ4v) is 10.5. The SMILES string of the molecule is CN1CCN([C@@H]2CCCN(c3cnc(C(N)=O)c(Nc4ccc(C5CCN(C[C@@H]6CCN(c7cc8onc(C9CCC(=O)NC9=O)c8c8ccccc78)C6)CC5)cc4)n3)C2)C1=O. The summed E-state index contributed by atoms with van der Waals surface area (Å²) in [6, 6.07) is 18.9. The number of rotatable bonds is 10. The number of urea groups is 1. The molecule has 16 nitrogen and oxygen atoms in total. The molecule has 0 spiro atoms. The van der Waals surface area contributed by atoms with Gasteiger partial charge in [0.05, 0.1) is 23.5 Å².